The number of aliphatic hydroxyl groups is 1. The smallest absolute Gasteiger partial charge is 0.303 e. The van der Waals surface area contributed by atoms with Crippen LogP contribution in [-0.4, -0.2) is 41.2 Å². The zero-order valence-electron chi connectivity index (χ0n) is 10.6. The zero-order valence-corrected chi connectivity index (χ0v) is 10.6. The van der Waals surface area contributed by atoms with Gasteiger partial charge < -0.3 is 15.5 Å². The molecule has 0 aliphatic heterocycles. The van der Waals surface area contributed by atoms with Gasteiger partial charge in [0, 0.05) is 13.0 Å². The number of Topliss-reactive ketones (excluding diaryl/α,β-unsaturated/α-hetero) is 1. The van der Waals surface area contributed by atoms with Gasteiger partial charge in [0.15, 0.2) is 5.78 Å². The van der Waals surface area contributed by atoms with Crippen LogP contribution in [0.25, 0.3) is 0 Å². The number of carbonyl (C=O) groups is 2. The summed E-state index contributed by atoms with van der Waals surface area (Å²) in [6.07, 6.45) is -0.379. The second-order valence-electron chi connectivity index (χ2n) is 4.15. The topological polar surface area (TPSA) is 86.6 Å². The number of carboxylic acids is 1. The highest BCUT2D eigenvalue weighted by Crippen LogP contribution is 2.14. The van der Waals surface area contributed by atoms with Crippen molar-refractivity contribution in [3.05, 3.63) is 35.4 Å². The molecule has 5 nitrogen and oxygen atoms in total. The minimum atomic E-state index is -1.10. The maximum absolute atomic E-state index is 13.5. The van der Waals surface area contributed by atoms with Gasteiger partial charge in [-0.2, -0.15) is 0 Å². The zero-order chi connectivity index (χ0) is 15.1. The molecule has 1 aromatic carbocycles. The van der Waals surface area contributed by atoms with Crippen LogP contribution in [-0.2, 0) is 4.79 Å². The fourth-order valence-corrected chi connectivity index (χ4v) is 1.71. The average molecular weight is 287 g/mol. The minimum absolute atomic E-state index is 0.0486. The first kappa shape index (κ1) is 16.2. The van der Waals surface area contributed by atoms with Gasteiger partial charge in [-0.05, 0) is 24.6 Å². The molecule has 1 unspecified atom stereocenters. The average Bonchev–Trinajstić information content (AvgIpc) is 2.40. The molecule has 20 heavy (non-hydrogen) atoms. The van der Waals surface area contributed by atoms with Crippen LogP contribution in [0.15, 0.2) is 18.2 Å². The number of nitrogens with one attached hydrogen (secondary N) is 1. The maximum Gasteiger partial charge on any atom is 0.303 e. The molecule has 1 aromatic rings. The molecule has 3 N–H and O–H groups in total. The van der Waals surface area contributed by atoms with Crippen molar-refractivity contribution < 1.29 is 28.6 Å². The molecule has 0 radical (unpaired) electrons. The van der Waals surface area contributed by atoms with Gasteiger partial charge in [0.2, 0.25) is 0 Å². The predicted octanol–water partition coefficient (Wildman–Crippen LogP) is 0.963. The van der Waals surface area contributed by atoms with Gasteiger partial charge >= 0.3 is 5.97 Å². The summed E-state index contributed by atoms with van der Waals surface area (Å²) in [5.74, 6) is -3.47. The van der Waals surface area contributed by atoms with E-state index in [1.807, 2.05) is 0 Å². The number of aliphatic hydroxyl groups excluding tert-OH is 1. The summed E-state index contributed by atoms with van der Waals surface area (Å²) in [5, 5.41) is 20.0. The van der Waals surface area contributed by atoms with Crippen molar-refractivity contribution in [2.45, 2.75) is 18.9 Å². The van der Waals surface area contributed by atoms with Crippen LogP contribution in [0.3, 0.4) is 0 Å². The second kappa shape index (κ2) is 7.66. The normalized spacial score (nSPS) is 12.2. The van der Waals surface area contributed by atoms with E-state index in [1.165, 1.54) is 0 Å². The Morgan fingerprint density at radius 2 is 2.00 bits per heavy atom. The van der Waals surface area contributed by atoms with Crippen molar-refractivity contribution in [2.24, 2.45) is 0 Å². The van der Waals surface area contributed by atoms with E-state index < -0.39 is 35.0 Å². The SMILES string of the molecule is O=C(O)CCC(NCCO)C(=O)c1cc(F)ccc1F. The Kier molecular flexibility index (Phi) is 6.20. The van der Waals surface area contributed by atoms with Gasteiger partial charge in [0.05, 0.1) is 18.2 Å². The first-order valence-electron chi connectivity index (χ1n) is 6.01. The van der Waals surface area contributed by atoms with E-state index in [0.717, 1.165) is 18.2 Å². The molecule has 0 aromatic heterocycles. The van der Waals surface area contributed by atoms with Crippen molar-refractivity contribution in [3.63, 3.8) is 0 Å². The maximum atomic E-state index is 13.5. The van der Waals surface area contributed by atoms with E-state index in [9.17, 15) is 18.4 Å². The monoisotopic (exact) mass is 287 g/mol. The van der Waals surface area contributed by atoms with E-state index in [2.05, 4.69) is 5.32 Å². The highest BCUT2D eigenvalue weighted by atomic mass is 19.1. The number of carboxylic acid groups (broad SMARTS) is 1. The third kappa shape index (κ3) is 4.67. The second-order valence-corrected chi connectivity index (χ2v) is 4.15. The van der Waals surface area contributed by atoms with Gasteiger partial charge in [-0.25, -0.2) is 8.78 Å². The van der Waals surface area contributed by atoms with E-state index in [0.29, 0.717) is 0 Å². The standard InChI is InChI=1S/C13H15F2NO4/c14-8-1-2-10(15)9(7-8)13(20)11(16-5-6-17)3-4-12(18)19/h1-2,7,11,16-17H,3-6H2,(H,18,19). The lowest BCUT2D eigenvalue weighted by molar-refractivity contribution is -0.137. The fraction of sp³-hybridized carbons (Fsp3) is 0.385. The van der Waals surface area contributed by atoms with Crippen molar-refractivity contribution in [3.8, 4) is 0 Å². The van der Waals surface area contributed by atoms with Crippen molar-refractivity contribution in [1.82, 2.24) is 5.32 Å². The molecule has 0 saturated heterocycles. The minimum Gasteiger partial charge on any atom is -0.481 e. The van der Waals surface area contributed by atoms with E-state index in [1.54, 1.807) is 0 Å². The van der Waals surface area contributed by atoms with Crippen LogP contribution < -0.4 is 5.32 Å². The number of rotatable bonds is 8. The summed E-state index contributed by atoms with van der Waals surface area (Å²) in [7, 11) is 0. The molecule has 0 fully saturated rings. The molecule has 0 bridgehead atoms. The Labute approximate surface area is 114 Å². The molecule has 0 spiro atoms. The first-order chi connectivity index (χ1) is 9.45. The number of aliphatic carboxylic acids is 1. The van der Waals surface area contributed by atoms with Crippen LogP contribution in [0.1, 0.15) is 23.2 Å². The Bertz CT molecular complexity index is 493. The number of hydrogen-bond donors (Lipinski definition) is 3. The molecule has 0 aliphatic carbocycles. The molecular formula is C13H15F2NO4. The molecule has 0 saturated carbocycles. The molecular weight excluding hydrogens is 272 g/mol. The number of ketones is 1. The molecule has 1 atom stereocenters. The summed E-state index contributed by atoms with van der Waals surface area (Å²) in [6, 6.07) is 1.50. The highest BCUT2D eigenvalue weighted by molar-refractivity contribution is 6.00. The lowest BCUT2D eigenvalue weighted by atomic mass is 9.99. The highest BCUT2D eigenvalue weighted by Gasteiger charge is 2.23. The van der Waals surface area contributed by atoms with Crippen LogP contribution >= 0.6 is 0 Å². The van der Waals surface area contributed by atoms with E-state index in [4.69, 9.17) is 10.2 Å². The van der Waals surface area contributed by atoms with Crippen LogP contribution in [0.2, 0.25) is 0 Å². The first-order valence-corrected chi connectivity index (χ1v) is 6.01. The Morgan fingerprint density at radius 3 is 2.60 bits per heavy atom. The molecule has 0 aliphatic rings. The van der Waals surface area contributed by atoms with Gasteiger partial charge in [-0.3, -0.25) is 9.59 Å². The lowest BCUT2D eigenvalue weighted by Gasteiger charge is -2.16. The van der Waals surface area contributed by atoms with Gasteiger partial charge in [0.25, 0.3) is 0 Å². The van der Waals surface area contributed by atoms with Gasteiger partial charge in [0.1, 0.15) is 11.6 Å². The van der Waals surface area contributed by atoms with Crippen LogP contribution in [0, 0.1) is 11.6 Å². The quantitative estimate of drug-likeness (QED) is 0.620. The van der Waals surface area contributed by atoms with Crippen molar-refractivity contribution in [2.75, 3.05) is 13.2 Å². The molecule has 110 valence electrons. The van der Waals surface area contributed by atoms with Crippen molar-refractivity contribution >= 4 is 11.8 Å². The van der Waals surface area contributed by atoms with E-state index in [-0.39, 0.29) is 26.0 Å². The predicted molar refractivity (Wildman–Crippen MR) is 66.4 cm³/mol. The van der Waals surface area contributed by atoms with Crippen LogP contribution in [0.4, 0.5) is 8.78 Å². The molecule has 0 heterocycles. The summed E-state index contributed by atoms with van der Waals surface area (Å²) in [4.78, 5) is 22.6. The summed E-state index contributed by atoms with van der Waals surface area (Å²) >= 11 is 0. The molecule has 7 heteroatoms. The number of halogens is 2. The largest absolute Gasteiger partial charge is 0.481 e. The van der Waals surface area contributed by atoms with Crippen molar-refractivity contribution in [1.29, 1.82) is 0 Å². The Hall–Kier alpha value is -1.86. The van der Waals surface area contributed by atoms with Gasteiger partial charge in [-0.15, -0.1) is 0 Å². The number of carbonyl (C=O) groups excluding carboxylic acids is 1. The Morgan fingerprint density at radius 1 is 1.30 bits per heavy atom. The molecule has 1 rings (SSSR count). The summed E-state index contributed by atoms with van der Waals surface area (Å²) in [6.45, 7) is -0.213. The lowest BCUT2D eigenvalue weighted by Crippen LogP contribution is -2.39. The Balaban J connectivity index is 2.90. The number of benzene rings is 1. The van der Waals surface area contributed by atoms with Gasteiger partial charge in [-0.1, -0.05) is 0 Å². The van der Waals surface area contributed by atoms with E-state index >= 15 is 0 Å². The summed E-state index contributed by atoms with van der Waals surface area (Å²) in [5.41, 5.74) is -0.439. The third-order valence-corrected chi connectivity index (χ3v) is 2.66. The summed E-state index contributed by atoms with van der Waals surface area (Å²) < 4.78 is 26.6. The molecule has 0 amide bonds. The third-order valence-electron chi connectivity index (χ3n) is 2.66. The van der Waals surface area contributed by atoms with Crippen LogP contribution in [0.5, 0.6) is 0 Å². The fourth-order valence-electron chi connectivity index (χ4n) is 1.71. The number of hydrogen-bond acceptors (Lipinski definition) is 4.